The van der Waals surface area contributed by atoms with E-state index < -0.39 is 0 Å². The second kappa shape index (κ2) is 4.11. The second-order valence-electron chi connectivity index (χ2n) is 3.27. The lowest BCUT2D eigenvalue weighted by molar-refractivity contribution is 0.540. The topological polar surface area (TPSA) is 25.2 Å². The summed E-state index contributed by atoms with van der Waals surface area (Å²) in [6.07, 6.45) is 6.41. The molecule has 0 amide bonds. The van der Waals surface area contributed by atoms with Gasteiger partial charge in [0.2, 0.25) is 0 Å². The maximum absolute atomic E-state index is 5.16. The minimum Gasteiger partial charge on any atom is -0.457 e. The van der Waals surface area contributed by atoms with Crippen LogP contribution in [0.15, 0.2) is 27.0 Å². The summed E-state index contributed by atoms with van der Waals surface area (Å²) in [5.74, 6) is 0. The zero-order valence-corrected chi connectivity index (χ0v) is 8.93. The van der Waals surface area contributed by atoms with Crippen molar-refractivity contribution < 1.29 is 4.42 Å². The number of nitrogens with one attached hydrogen (secondary N) is 1. The van der Waals surface area contributed by atoms with Crippen molar-refractivity contribution in [1.82, 2.24) is 5.32 Å². The van der Waals surface area contributed by atoms with Crippen molar-refractivity contribution in [3.8, 4) is 0 Å². The second-order valence-corrected chi connectivity index (χ2v) is 4.05. The molecule has 0 aliphatic carbocycles. The van der Waals surface area contributed by atoms with Crippen molar-refractivity contribution in [3.63, 3.8) is 0 Å². The molecule has 1 saturated heterocycles. The Balaban J connectivity index is 2.09. The highest BCUT2D eigenvalue weighted by Gasteiger charge is 2.04. The highest BCUT2D eigenvalue weighted by Crippen LogP contribution is 2.18. The van der Waals surface area contributed by atoms with Crippen molar-refractivity contribution in [3.05, 3.63) is 28.1 Å². The molecule has 1 aliphatic heterocycles. The SMILES string of the molecule is Brc1cc(/C=C2/CCCNC2)co1. The number of furan rings is 1. The number of piperidine rings is 1. The molecule has 3 heteroatoms. The summed E-state index contributed by atoms with van der Waals surface area (Å²) < 4.78 is 5.95. The van der Waals surface area contributed by atoms with Crippen LogP contribution in [0.4, 0.5) is 0 Å². The van der Waals surface area contributed by atoms with Gasteiger partial charge in [-0.15, -0.1) is 0 Å². The fourth-order valence-electron chi connectivity index (χ4n) is 1.54. The molecular formula is C10H12BrNO. The van der Waals surface area contributed by atoms with Crippen LogP contribution in [0, 0.1) is 0 Å². The summed E-state index contributed by atoms with van der Waals surface area (Å²) in [5.41, 5.74) is 2.60. The number of hydrogen-bond donors (Lipinski definition) is 1. The number of hydrogen-bond acceptors (Lipinski definition) is 2. The molecule has 0 bridgehead atoms. The summed E-state index contributed by atoms with van der Waals surface area (Å²) in [6.45, 7) is 2.16. The molecule has 2 rings (SSSR count). The summed E-state index contributed by atoms with van der Waals surface area (Å²) >= 11 is 3.29. The van der Waals surface area contributed by atoms with Gasteiger partial charge in [-0.2, -0.15) is 0 Å². The van der Waals surface area contributed by atoms with Crippen LogP contribution in [0.3, 0.4) is 0 Å². The van der Waals surface area contributed by atoms with Crippen molar-refractivity contribution in [2.75, 3.05) is 13.1 Å². The third kappa shape index (κ3) is 2.45. The maximum atomic E-state index is 5.16. The largest absolute Gasteiger partial charge is 0.457 e. The minimum absolute atomic E-state index is 0.795. The molecule has 0 atom stereocenters. The molecule has 13 heavy (non-hydrogen) atoms. The molecule has 2 heterocycles. The fourth-order valence-corrected chi connectivity index (χ4v) is 1.89. The Bertz CT molecular complexity index is 308. The van der Waals surface area contributed by atoms with Gasteiger partial charge in [-0.3, -0.25) is 0 Å². The average molecular weight is 242 g/mol. The van der Waals surface area contributed by atoms with E-state index in [2.05, 4.69) is 27.3 Å². The predicted molar refractivity (Wildman–Crippen MR) is 56.5 cm³/mol. The lowest BCUT2D eigenvalue weighted by atomic mass is 10.0. The highest BCUT2D eigenvalue weighted by molar-refractivity contribution is 9.10. The van der Waals surface area contributed by atoms with Crippen molar-refractivity contribution >= 4 is 22.0 Å². The van der Waals surface area contributed by atoms with Gasteiger partial charge in [-0.05, 0) is 41.4 Å². The molecule has 0 aromatic carbocycles. The first-order chi connectivity index (χ1) is 6.34. The molecule has 0 radical (unpaired) electrons. The van der Waals surface area contributed by atoms with Gasteiger partial charge < -0.3 is 9.73 Å². The van der Waals surface area contributed by atoms with Crippen LogP contribution in [-0.2, 0) is 0 Å². The normalized spacial score (nSPS) is 20.8. The molecule has 0 unspecified atom stereocenters. The van der Waals surface area contributed by atoms with E-state index in [1.165, 1.54) is 18.4 Å². The Hall–Kier alpha value is -0.540. The molecule has 1 aromatic heterocycles. The molecule has 1 aliphatic rings. The molecule has 70 valence electrons. The van der Waals surface area contributed by atoms with E-state index in [4.69, 9.17) is 4.42 Å². The van der Waals surface area contributed by atoms with E-state index in [9.17, 15) is 0 Å². The van der Waals surface area contributed by atoms with Crippen LogP contribution in [0.5, 0.6) is 0 Å². The first kappa shape index (κ1) is 9.03. The Morgan fingerprint density at radius 2 is 2.46 bits per heavy atom. The van der Waals surface area contributed by atoms with Gasteiger partial charge in [-0.25, -0.2) is 0 Å². The van der Waals surface area contributed by atoms with Gasteiger partial charge in [-0.1, -0.05) is 11.6 Å². The molecule has 0 spiro atoms. The van der Waals surface area contributed by atoms with Crippen molar-refractivity contribution in [1.29, 1.82) is 0 Å². The molecule has 1 N–H and O–H groups in total. The Morgan fingerprint density at radius 3 is 3.08 bits per heavy atom. The molecule has 0 saturated carbocycles. The zero-order chi connectivity index (χ0) is 9.10. The monoisotopic (exact) mass is 241 g/mol. The molecule has 2 nitrogen and oxygen atoms in total. The maximum Gasteiger partial charge on any atom is 0.169 e. The van der Waals surface area contributed by atoms with Gasteiger partial charge in [0, 0.05) is 12.1 Å². The summed E-state index contributed by atoms with van der Waals surface area (Å²) in [5, 5.41) is 3.35. The van der Waals surface area contributed by atoms with Crippen LogP contribution < -0.4 is 5.32 Å². The van der Waals surface area contributed by atoms with E-state index in [0.717, 1.165) is 23.3 Å². The number of halogens is 1. The van der Waals surface area contributed by atoms with Gasteiger partial charge in [0.05, 0.1) is 6.26 Å². The van der Waals surface area contributed by atoms with Crippen LogP contribution in [0.1, 0.15) is 18.4 Å². The first-order valence-corrected chi connectivity index (χ1v) is 5.28. The Labute approximate surface area is 86.1 Å². The summed E-state index contributed by atoms with van der Waals surface area (Å²) in [6, 6.07) is 1.99. The molecular weight excluding hydrogens is 230 g/mol. The van der Waals surface area contributed by atoms with Gasteiger partial charge in [0.1, 0.15) is 0 Å². The number of rotatable bonds is 1. The van der Waals surface area contributed by atoms with E-state index in [1.807, 2.05) is 6.07 Å². The lowest BCUT2D eigenvalue weighted by Gasteiger charge is -2.14. The van der Waals surface area contributed by atoms with E-state index in [1.54, 1.807) is 6.26 Å². The van der Waals surface area contributed by atoms with Crippen molar-refractivity contribution in [2.45, 2.75) is 12.8 Å². The fraction of sp³-hybridized carbons (Fsp3) is 0.400. The van der Waals surface area contributed by atoms with Crippen LogP contribution >= 0.6 is 15.9 Å². The van der Waals surface area contributed by atoms with Crippen LogP contribution in [0.2, 0.25) is 0 Å². The van der Waals surface area contributed by atoms with E-state index >= 15 is 0 Å². The van der Waals surface area contributed by atoms with Gasteiger partial charge >= 0.3 is 0 Å². The molecule has 1 aromatic rings. The van der Waals surface area contributed by atoms with Crippen LogP contribution in [0.25, 0.3) is 6.08 Å². The summed E-state index contributed by atoms with van der Waals surface area (Å²) in [4.78, 5) is 0. The average Bonchev–Trinajstić information content (AvgIpc) is 2.53. The zero-order valence-electron chi connectivity index (χ0n) is 7.35. The highest BCUT2D eigenvalue weighted by atomic mass is 79.9. The Kier molecular flexibility index (Phi) is 2.86. The lowest BCUT2D eigenvalue weighted by Crippen LogP contribution is -2.23. The minimum atomic E-state index is 0.795. The predicted octanol–water partition coefficient (Wildman–Crippen LogP) is 2.81. The van der Waals surface area contributed by atoms with E-state index in [-0.39, 0.29) is 0 Å². The van der Waals surface area contributed by atoms with Crippen LogP contribution in [-0.4, -0.2) is 13.1 Å². The molecule has 1 fully saturated rings. The smallest absolute Gasteiger partial charge is 0.169 e. The van der Waals surface area contributed by atoms with Gasteiger partial charge in [0.25, 0.3) is 0 Å². The quantitative estimate of drug-likeness (QED) is 0.819. The van der Waals surface area contributed by atoms with Gasteiger partial charge in [0.15, 0.2) is 4.67 Å². The third-order valence-corrected chi connectivity index (χ3v) is 2.58. The Morgan fingerprint density at radius 1 is 1.54 bits per heavy atom. The van der Waals surface area contributed by atoms with Crippen molar-refractivity contribution in [2.24, 2.45) is 0 Å². The third-order valence-electron chi connectivity index (χ3n) is 2.16. The standard InChI is InChI=1S/C10H12BrNO/c11-10-5-9(7-13-10)4-8-2-1-3-12-6-8/h4-5,7,12H,1-3,6H2/b8-4-. The summed E-state index contributed by atoms with van der Waals surface area (Å²) in [7, 11) is 0. The van der Waals surface area contributed by atoms with E-state index in [0.29, 0.717) is 0 Å². The first-order valence-electron chi connectivity index (χ1n) is 4.49.